The molecule has 8 heteroatoms. The SMILES string of the molecule is Cc1cc(C(=O)N2CCN(c3ccc(C(F)(F)F)cn3)CC2)c(C)s1. The maximum absolute atomic E-state index is 12.6. The minimum atomic E-state index is -4.38. The Morgan fingerprint density at radius 3 is 2.32 bits per heavy atom. The molecule has 0 aromatic carbocycles. The fraction of sp³-hybridized carbons (Fsp3) is 0.412. The number of hydrogen-bond acceptors (Lipinski definition) is 4. The Bertz CT molecular complexity index is 762. The molecular weight excluding hydrogens is 351 g/mol. The zero-order valence-electron chi connectivity index (χ0n) is 13.9. The summed E-state index contributed by atoms with van der Waals surface area (Å²) in [5.41, 5.74) is -0.0167. The van der Waals surface area contributed by atoms with Gasteiger partial charge in [-0.3, -0.25) is 4.79 Å². The predicted octanol–water partition coefficient (Wildman–Crippen LogP) is 3.74. The summed E-state index contributed by atoms with van der Waals surface area (Å²) in [5.74, 6) is 0.518. The van der Waals surface area contributed by atoms with E-state index in [1.807, 2.05) is 24.8 Å². The number of hydrogen-bond donors (Lipinski definition) is 0. The number of aromatic nitrogens is 1. The molecule has 0 atom stereocenters. The van der Waals surface area contributed by atoms with E-state index < -0.39 is 11.7 Å². The van der Waals surface area contributed by atoms with Crippen LogP contribution in [0.3, 0.4) is 0 Å². The predicted molar refractivity (Wildman–Crippen MR) is 91.1 cm³/mol. The number of carbonyl (C=O) groups excluding carboxylic acids is 1. The number of piperazine rings is 1. The van der Waals surface area contributed by atoms with Gasteiger partial charge in [0.2, 0.25) is 0 Å². The number of rotatable bonds is 2. The lowest BCUT2D eigenvalue weighted by atomic mass is 10.2. The molecule has 0 unspecified atom stereocenters. The number of thiophene rings is 1. The third kappa shape index (κ3) is 3.78. The zero-order chi connectivity index (χ0) is 18.2. The van der Waals surface area contributed by atoms with Gasteiger partial charge in [-0.25, -0.2) is 4.98 Å². The lowest BCUT2D eigenvalue weighted by Crippen LogP contribution is -2.49. The molecule has 1 fully saturated rings. The zero-order valence-corrected chi connectivity index (χ0v) is 14.7. The standard InChI is InChI=1S/C17H18F3N3OS/c1-11-9-14(12(2)25-11)16(24)23-7-5-22(6-8-23)15-4-3-13(10-21-15)17(18,19)20/h3-4,9-10H,5-8H2,1-2H3. The summed E-state index contributed by atoms with van der Waals surface area (Å²) in [6, 6.07) is 4.33. The second-order valence-electron chi connectivity index (χ2n) is 6.01. The molecule has 3 heterocycles. The third-order valence-electron chi connectivity index (χ3n) is 4.24. The van der Waals surface area contributed by atoms with Crippen LogP contribution in [0.15, 0.2) is 24.4 Å². The van der Waals surface area contributed by atoms with Crippen LogP contribution in [0.5, 0.6) is 0 Å². The minimum absolute atomic E-state index is 0.0156. The van der Waals surface area contributed by atoms with Crippen LogP contribution in [-0.4, -0.2) is 42.0 Å². The number of pyridine rings is 1. The second kappa shape index (κ2) is 6.67. The van der Waals surface area contributed by atoms with E-state index in [4.69, 9.17) is 0 Å². The molecule has 1 aliphatic rings. The van der Waals surface area contributed by atoms with Gasteiger partial charge < -0.3 is 9.80 Å². The molecule has 4 nitrogen and oxygen atoms in total. The Balaban J connectivity index is 1.64. The average Bonchev–Trinajstić information content (AvgIpc) is 2.92. The monoisotopic (exact) mass is 369 g/mol. The summed E-state index contributed by atoms with van der Waals surface area (Å²) < 4.78 is 37.8. The highest BCUT2D eigenvalue weighted by Crippen LogP contribution is 2.29. The lowest BCUT2D eigenvalue weighted by Gasteiger charge is -2.35. The highest BCUT2D eigenvalue weighted by atomic mass is 32.1. The molecule has 1 saturated heterocycles. The average molecular weight is 369 g/mol. The Kier molecular flexibility index (Phi) is 4.73. The number of alkyl halides is 3. The first-order chi connectivity index (χ1) is 11.8. The van der Waals surface area contributed by atoms with Gasteiger partial charge in [-0.05, 0) is 32.0 Å². The first kappa shape index (κ1) is 17.7. The number of nitrogens with zero attached hydrogens (tertiary/aromatic N) is 3. The summed E-state index contributed by atoms with van der Waals surface area (Å²) >= 11 is 1.60. The Morgan fingerprint density at radius 2 is 1.84 bits per heavy atom. The summed E-state index contributed by atoms with van der Waals surface area (Å²) in [5, 5.41) is 0. The highest BCUT2D eigenvalue weighted by Gasteiger charge is 2.31. The Hall–Kier alpha value is -2.09. The van der Waals surface area contributed by atoms with Gasteiger partial charge in [0.15, 0.2) is 0 Å². The Morgan fingerprint density at radius 1 is 1.16 bits per heavy atom. The number of amides is 1. The van der Waals surface area contributed by atoms with Gasteiger partial charge in [-0.2, -0.15) is 13.2 Å². The first-order valence-electron chi connectivity index (χ1n) is 7.90. The van der Waals surface area contributed by atoms with Crippen LogP contribution >= 0.6 is 11.3 Å². The van der Waals surface area contributed by atoms with Crippen LogP contribution < -0.4 is 4.90 Å². The summed E-state index contributed by atoms with van der Waals surface area (Å²) in [4.78, 5) is 22.3. The van der Waals surface area contributed by atoms with Gasteiger partial charge in [0.05, 0.1) is 11.1 Å². The van der Waals surface area contributed by atoms with E-state index in [9.17, 15) is 18.0 Å². The molecule has 3 rings (SSSR count). The van der Waals surface area contributed by atoms with Gasteiger partial charge in [0, 0.05) is 42.1 Å². The number of anilines is 1. The Labute approximate surface area is 147 Å². The highest BCUT2D eigenvalue weighted by molar-refractivity contribution is 7.12. The molecule has 0 N–H and O–H groups in total. The fourth-order valence-electron chi connectivity index (χ4n) is 2.89. The second-order valence-corrected chi connectivity index (χ2v) is 7.47. The van der Waals surface area contributed by atoms with Crippen LogP contribution in [0, 0.1) is 13.8 Å². The molecule has 0 aliphatic carbocycles. The van der Waals surface area contributed by atoms with E-state index in [2.05, 4.69) is 4.98 Å². The van der Waals surface area contributed by atoms with Gasteiger partial charge in [0.25, 0.3) is 5.91 Å². The topological polar surface area (TPSA) is 36.4 Å². The molecule has 2 aromatic heterocycles. The van der Waals surface area contributed by atoms with Gasteiger partial charge in [-0.15, -0.1) is 11.3 Å². The van der Waals surface area contributed by atoms with Crippen LogP contribution in [-0.2, 0) is 6.18 Å². The van der Waals surface area contributed by atoms with Crippen molar-refractivity contribution >= 4 is 23.1 Å². The van der Waals surface area contributed by atoms with E-state index >= 15 is 0 Å². The molecule has 0 radical (unpaired) electrons. The first-order valence-corrected chi connectivity index (χ1v) is 8.72. The van der Waals surface area contributed by atoms with Crippen molar-refractivity contribution in [1.29, 1.82) is 0 Å². The van der Waals surface area contributed by atoms with Crippen molar-refractivity contribution in [3.63, 3.8) is 0 Å². The van der Waals surface area contributed by atoms with Crippen LogP contribution in [0.25, 0.3) is 0 Å². The maximum Gasteiger partial charge on any atom is 0.417 e. The fourth-order valence-corrected chi connectivity index (χ4v) is 3.81. The van der Waals surface area contributed by atoms with E-state index in [1.54, 1.807) is 16.2 Å². The summed E-state index contributed by atoms with van der Waals surface area (Å²) in [6.07, 6.45) is -3.53. The van der Waals surface area contributed by atoms with E-state index in [0.717, 1.165) is 27.6 Å². The molecule has 134 valence electrons. The largest absolute Gasteiger partial charge is 0.417 e. The third-order valence-corrected chi connectivity index (χ3v) is 5.20. The van der Waals surface area contributed by atoms with Gasteiger partial charge >= 0.3 is 6.18 Å². The quantitative estimate of drug-likeness (QED) is 0.809. The lowest BCUT2D eigenvalue weighted by molar-refractivity contribution is -0.137. The minimum Gasteiger partial charge on any atom is -0.353 e. The van der Waals surface area contributed by atoms with Crippen LogP contribution in [0.1, 0.15) is 25.7 Å². The van der Waals surface area contributed by atoms with Crippen molar-refractivity contribution in [3.8, 4) is 0 Å². The van der Waals surface area contributed by atoms with Crippen molar-refractivity contribution in [2.24, 2.45) is 0 Å². The van der Waals surface area contributed by atoms with Crippen LogP contribution in [0.4, 0.5) is 19.0 Å². The van der Waals surface area contributed by atoms with Gasteiger partial charge in [0.1, 0.15) is 5.82 Å². The van der Waals surface area contributed by atoms with Crippen molar-refractivity contribution in [2.75, 3.05) is 31.1 Å². The molecule has 1 amide bonds. The maximum atomic E-state index is 12.6. The van der Waals surface area contributed by atoms with Crippen molar-refractivity contribution < 1.29 is 18.0 Å². The molecule has 0 spiro atoms. The number of carbonyl (C=O) groups is 1. The van der Waals surface area contributed by atoms with Crippen LogP contribution in [0.2, 0.25) is 0 Å². The summed E-state index contributed by atoms with van der Waals surface area (Å²) in [6.45, 7) is 6.06. The van der Waals surface area contributed by atoms with Gasteiger partial charge in [-0.1, -0.05) is 0 Å². The molecular formula is C17H18F3N3OS. The summed E-state index contributed by atoms with van der Waals surface area (Å²) in [7, 11) is 0. The van der Waals surface area contributed by atoms with Crippen molar-refractivity contribution in [2.45, 2.75) is 20.0 Å². The normalized spacial score (nSPS) is 15.6. The van der Waals surface area contributed by atoms with E-state index in [-0.39, 0.29) is 5.91 Å². The molecule has 0 bridgehead atoms. The van der Waals surface area contributed by atoms with E-state index in [1.165, 1.54) is 6.07 Å². The molecule has 2 aromatic rings. The van der Waals surface area contributed by atoms with Crippen molar-refractivity contribution in [3.05, 3.63) is 45.3 Å². The molecule has 25 heavy (non-hydrogen) atoms. The van der Waals surface area contributed by atoms with Crippen molar-refractivity contribution in [1.82, 2.24) is 9.88 Å². The van der Waals surface area contributed by atoms with E-state index in [0.29, 0.717) is 32.0 Å². The molecule has 0 saturated carbocycles. The molecule has 1 aliphatic heterocycles. The number of aryl methyl sites for hydroxylation is 2. The smallest absolute Gasteiger partial charge is 0.353 e. The number of halogens is 3.